The van der Waals surface area contributed by atoms with Crippen molar-refractivity contribution in [3.63, 3.8) is 0 Å². The third-order valence-electron chi connectivity index (χ3n) is 4.29. The van der Waals surface area contributed by atoms with E-state index in [1.54, 1.807) is 6.07 Å². The van der Waals surface area contributed by atoms with Gasteiger partial charge in [-0.3, -0.25) is 9.69 Å². The third kappa shape index (κ3) is 4.94. The SMILES string of the molecule is CCC1=CCN(C[C@H](C(=O)OC)c2ccccc2Cl)C/C1=C/C(=O)O. The van der Waals surface area contributed by atoms with Gasteiger partial charge in [0.15, 0.2) is 0 Å². The number of rotatable bonds is 6. The number of carboxylic acid groups (broad SMARTS) is 1. The average molecular weight is 364 g/mol. The highest BCUT2D eigenvalue weighted by Gasteiger charge is 2.28. The highest BCUT2D eigenvalue weighted by Crippen LogP contribution is 2.28. The Morgan fingerprint density at radius 2 is 2.12 bits per heavy atom. The van der Waals surface area contributed by atoms with E-state index in [9.17, 15) is 9.59 Å². The van der Waals surface area contributed by atoms with Crippen LogP contribution in [-0.2, 0) is 14.3 Å². The van der Waals surface area contributed by atoms with Crippen LogP contribution in [0.5, 0.6) is 0 Å². The molecule has 0 saturated heterocycles. The lowest BCUT2D eigenvalue weighted by atomic mass is 9.95. The molecule has 6 heteroatoms. The zero-order chi connectivity index (χ0) is 18.4. The monoisotopic (exact) mass is 363 g/mol. The van der Waals surface area contributed by atoms with Crippen LogP contribution in [0.25, 0.3) is 0 Å². The molecule has 0 bridgehead atoms. The smallest absolute Gasteiger partial charge is 0.328 e. The highest BCUT2D eigenvalue weighted by atomic mass is 35.5. The number of hydrogen-bond acceptors (Lipinski definition) is 4. The summed E-state index contributed by atoms with van der Waals surface area (Å²) in [5.41, 5.74) is 2.51. The lowest BCUT2D eigenvalue weighted by Gasteiger charge is -2.31. The van der Waals surface area contributed by atoms with E-state index in [2.05, 4.69) is 0 Å². The van der Waals surface area contributed by atoms with Crippen molar-refractivity contribution in [1.29, 1.82) is 0 Å². The Bertz CT molecular complexity index is 711. The van der Waals surface area contributed by atoms with E-state index in [1.165, 1.54) is 13.2 Å². The van der Waals surface area contributed by atoms with Crippen molar-refractivity contribution in [1.82, 2.24) is 4.90 Å². The first-order valence-corrected chi connectivity index (χ1v) is 8.51. The summed E-state index contributed by atoms with van der Waals surface area (Å²) in [4.78, 5) is 25.4. The van der Waals surface area contributed by atoms with E-state index >= 15 is 0 Å². The molecule has 0 saturated carbocycles. The maximum atomic E-state index is 12.3. The summed E-state index contributed by atoms with van der Waals surface area (Å²) in [7, 11) is 1.35. The zero-order valence-corrected chi connectivity index (χ0v) is 15.1. The Balaban J connectivity index is 2.25. The second kappa shape index (κ2) is 8.83. The molecule has 2 rings (SSSR count). The van der Waals surface area contributed by atoms with Gasteiger partial charge in [0.05, 0.1) is 13.0 Å². The molecule has 0 amide bonds. The lowest BCUT2D eigenvalue weighted by molar-refractivity contribution is -0.143. The first kappa shape index (κ1) is 19.2. The standard InChI is InChI=1S/C19H22ClNO4/c1-3-13-8-9-21(11-14(13)10-18(22)23)12-16(19(24)25-2)15-6-4-5-7-17(15)20/h4-8,10,16H,3,9,11-12H2,1-2H3,(H,22,23)/b14-10-/t16-/m0/s1. The van der Waals surface area contributed by atoms with Crippen LogP contribution in [0.2, 0.25) is 5.02 Å². The number of halogens is 1. The number of carbonyl (C=O) groups is 2. The topological polar surface area (TPSA) is 66.8 Å². The fourth-order valence-electron chi connectivity index (χ4n) is 3.03. The number of carboxylic acids is 1. The number of methoxy groups -OCH3 is 1. The Morgan fingerprint density at radius 1 is 1.40 bits per heavy atom. The molecule has 0 aliphatic carbocycles. The summed E-state index contributed by atoms with van der Waals surface area (Å²) in [6.07, 6.45) is 4.03. The average Bonchev–Trinajstić information content (AvgIpc) is 2.59. The van der Waals surface area contributed by atoms with Crippen molar-refractivity contribution in [2.45, 2.75) is 19.3 Å². The largest absolute Gasteiger partial charge is 0.478 e. The van der Waals surface area contributed by atoms with Gasteiger partial charge in [-0.15, -0.1) is 0 Å². The van der Waals surface area contributed by atoms with Crippen LogP contribution < -0.4 is 0 Å². The summed E-state index contributed by atoms with van der Waals surface area (Å²) in [5.74, 6) is -1.85. The van der Waals surface area contributed by atoms with Crippen molar-refractivity contribution in [2.24, 2.45) is 0 Å². The molecule has 0 unspecified atom stereocenters. The normalized spacial score (nSPS) is 17.9. The molecule has 1 aliphatic rings. The predicted molar refractivity (Wildman–Crippen MR) is 96.7 cm³/mol. The Labute approximate surface area is 152 Å². The van der Waals surface area contributed by atoms with E-state index in [4.69, 9.17) is 21.4 Å². The summed E-state index contributed by atoms with van der Waals surface area (Å²) < 4.78 is 4.95. The quantitative estimate of drug-likeness (QED) is 0.620. The third-order valence-corrected chi connectivity index (χ3v) is 4.63. The molecule has 1 aromatic rings. The maximum Gasteiger partial charge on any atom is 0.328 e. The molecule has 1 N–H and O–H groups in total. The summed E-state index contributed by atoms with van der Waals surface area (Å²) in [5, 5.41) is 9.59. The molecule has 134 valence electrons. The minimum atomic E-state index is -0.966. The molecule has 0 radical (unpaired) electrons. The van der Waals surface area contributed by atoms with Crippen LogP contribution in [0.3, 0.4) is 0 Å². The van der Waals surface area contributed by atoms with Crippen LogP contribution >= 0.6 is 11.6 Å². The number of nitrogens with zero attached hydrogens (tertiary/aromatic N) is 1. The van der Waals surface area contributed by atoms with Gasteiger partial charge in [0.2, 0.25) is 0 Å². The van der Waals surface area contributed by atoms with Crippen molar-refractivity contribution in [3.8, 4) is 0 Å². The lowest BCUT2D eigenvalue weighted by Crippen LogP contribution is -2.36. The van der Waals surface area contributed by atoms with E-state index in [0.29, 0.717) is 30.2 Å². The Morgan fingerprint density at radius 3 is 2.72 bits per heavy atom. The van der Waals surface area contributed by atoms with Crippen LogP contribution in [-0.4, -0.2) is 48.7 Å². The summed E-state index contributed by atoms with van der Waals surface area (Å²) in [6, 6.07) is 7.20. The first-order valence-electron chi connectivity index (χ1n) is 8.13. The van der Waals surface area contributed by atoms with Crippen LogP contribution in [0.15, 0.2) is 47.6 Å². The van der Waals surface area contributed by atoms with Crippen molar-refractivity contribution < 1.29 is 19.4 Å². The van der Waals surface area contributed by atoms with Crippen LogP contribution in [0, 0.1) is 0 Å². The second-order valence-corrected chi connectivity index (χ2v) is 6.29. The summed E-state index contributed by atoms with van der Waals surface area (Å²) in [6.45, 7) is 3.53. The van der Waals surface area contributed by atoms with Crippen LogP contribution in [0.4, 0.5) is 0 Å². The Kier molecular flexibility index (Phi) is 6.79. The molecule has 25 heavy (non-hydrogen) atoms. The van der Waals surface area contributed by atoms with Gasteiger partial charge in [-0.2, -0.15) is 0 Å². The van der Waals surface area contributed by atoms with Gasteiger partial charge in [0.1, 0.15) is 0 Å². The molecular weight excluding hydrogens is 342 g/mol. The number of aliphatic carboxylic acids is 1. The fraction of sp³-hybridized carbons (Fsp3) is 0.368. The van der Waals surface area contributed by atoms with Gasteiger partial charge < -0.3 is 9.84 Å². The van der Waals surface area contributed by atoms with E-state index in [1.807, 2.05) is 36.1 Å². The molecule has 1 aromatic carbocycles. The van der Waals surface area contributed by atoms with Gasteiger partial charge in [-0.25, -0.2) is 4.79 Å². The molecular formula is C19H22ClNO4. The number of esters is 1. The molecule has 1 atom stereocenters. The predicted octanol–water partition coefficient (Wildman–Crippen LogP) is 3.26. The van der Waals surface area contributed by atoms with E-state index in [-0.39, 0.29) is 5.97 Å². The number of ether oxygens (including phenoxy) is 1. The first-order chi connectivity index (χ1) is 12.0. The minimum Gasteiger partial charge on any atom is -0.478 e. The van der Waals surface area contributed by atoms with Gasteiger partial charge in [-0.05, 0) is 29.2 Å². The molecule has 0 aromatic heterocycles. The minimum absolute atomic E-state index is 0.359. The molecule has 0 spiro atoms. The van der Waals surface area contributed by atoms with Crippen molar-refractivity contribution in [2.75, 3.05) is 26.7 Å². The van der Waals surface area contributed by atoms with Crippen molar-refractivity contribution >= 4 is 23.5 Å². The number of benzene rings is 1. The van der Waals surface area contributed by atoms with E-state index in [0.717, 1.165) is 17.6 Å². The number of hydrogen-bond donors (Lipinski definition) is 1. The van der Waals surface area contributed by atoms with Gasteiger partial charge >= 0.3 is 11.9 Å². The van der Waals surface area contributed by atoms with Crippen molar-refractivity contribution in [3.05, 3.63) is 58.1 Å². The van der Waals surface area contributed by atoms with Crippen LogP contribution in [0.1, 0.15) is 24.8 Å². The maximum absolute atomic E-state index is 12.3. The second-order valence-electron chi connectivity index (χ2n) is 5.88. The summed E-state index contributed by atoms with van der Waals surface area (Å²) >= 11 is 6.25. The van der Waals surface area contributed by atoms with Gasteiger partial charge in [-0.1, -0.05) is 42.8 Å². The fourth-order valence-corrected chi connectivity index (χ4v) is 3.30. The zero-order valence-electron chi connectivity index (χ0n) is 14.4. The molecule has 0 fully saturated rings. The van der Waals surface area contributed by atoms with E-state index < -0.39 is 11.9 Å². The molecule has 1 heterocycles. The Hall–Kier alpha value is -2.11. The number of carbonyl (C=O) groups excluding carboxylic acids is 1. The van der Waals surface area contributed by atoms with Gasteiger partial charge in [0.25, 0.3) is 0 Å². The van der Waals surface area contributed by atoms with Gasteiger partial charge in [0, 0.05) is 30.7 Å². The highest BCUT2D eigenvalue weighted by molar-refractivity contribution is 6.31. The molecule has 5 nitrogen and oxygen atoms in total. The molecule has 1 aliphatic heterocycles.